The highest BCUT2D eigenvalue weighted by Crippen LogP contribution is 2.30. The zero-order valence-electron chi connectivity index (χ0n) is 21.4. The lowest BCUT2D eigenvalue weighted by atomic mass is 9.85. The molecule has 0 unspecified atom stereocenters. The van der Waals surface area contributed by atoms with E-state index in [0.29, 0.717) is 5.92 Å². The van der Waals surface area contributed by atoms with Gasteiger partial charge < -0.3 is 10.2 Å². The number of aromatic carboxylic acids is 2. The van der Waals surface area contributed by atoms with Crippen LogP contribution < -0.4 is 0 Å². The molecule has 0 saturated carbocycles. The molecule has 0 amide bonds. The third-order valence-corrected chi connectivity index (χ3v) is 6.07. The van der Waals surface area contributed by atoms with E-state index in [1.54, 1.807) is 0 Å². The van der Waals surface area contributed by atoms with E-state index in [1.807, 2.05) is 88.3 Å². The smallest absolute Gasteiger partial charge is 0.355 e. The Morgan fingerprint density at radius 2 is 1.31 bits per heavy atom. The van der Waals surface area contributed by atoms with Gasteiger partial charge in [-0.05, 0) is 28.9 Å². The molecule has 7 heteroatoms. The summed E-state index contributed by atoms with van der Waals surface area (Å²) < 4.78 is 0. The fourth-order valence-electron chi connectivity index (χ4n) is 2.70. The fourth-order valence-corrected chi connectivity index (χ4v) is 3.77. The SMILES string of the molecule is CC.CC(C)c1ccc(C(C)(C)C)c(C(=O)O)n1.CC(C)c1nc(C(=O)O)c(C(C)C)s1. The molecule has 0 bridgehead atoms. The van der Waals surface area contributed by atoms with Crippen LogP contribution in [0.2, 0.25) is 0 Å². The van der Waals surface area contributed by atoms with E-state index in [9.17, 15) is 14.7 Å². The van der Waals surface area contributed by atoms with Crippen molar-refractivity contribution in [3.8, 4) is 0 Å². The summed E-state index contributed by atoms with van der Waals surface area (Å²) in [6.45, 7) is 22.0. The molecule has 180 valence electrons. The molecule has 6 nitrogen and oxygen atoms in total. The first kappa shape index (κ1) is 29.7. The lowest BCUT2D eigenvalue weighted by Crippen LogP contribution is -2.19. The van der Waals surface area contributed by atoms with Crippen LogP contribution in [0.3, 0.4) is 0 Å². The van der Waals surface area contributed by atoms with Gasteiger partial charge in [0, 0.05) is 16.5 Å². The van der Waals surface area contributed by atoms with E-state index < -0.39 is 11.9 Å². The maximum Gasteiger partial charge on any atom is 0.355 e. The summed E-state index contributed by atoms with van der Waals surface area (Å²) in [6, 6.07) is 3.80. The lowest BCUT2D eigenvalue weighted by molar-refractivity contribution is 0.0677. The predicted molar refractivity (Wildman–Crippen MR) is 133 cm³/mol. The topological polar surface area (TPSA) is 100 Å². The van der Waals surface area contributed by atoms with Gasteiger partial charge in [-0.1, -0.05) is 82.2 Å². The fraction of sp³-hybridized carbons (Fsp3) is 0.600. The monoisotopic (exact) mass is 464 g/mol. The molecular formula is C25H40N2O4S. The van der Waals surface area contributed by atoms with Crippen LogP contribution in [0.25, 0.3) is 0 Å². The molecule has 2 N–H and O–H groups in total. The van der Waals surface area contributed by atoms with Crippen molar-refractivity contribution < 1.29 is 19.8 Å². The molecule has 0 radical (unpaired) electrons. The molecular weight excluding hydrogens is 424 g/mol. The molecule has 0 aliphatic heterocycles. The number of nitrogens with zero attached hydrogens (tertiary/aromatic N) is 2. The van der Waals surface area contributed by atoms with Gasteiger partial charge in [0.2, 0.25) is 0 Å². The third kappa shape index (κ3) is 8.34. The molecule has 0 spiro atoms. The van der Waals surface area contributed by atoms with Crippen LogP contribution in [-0.4, -0.2) is 32.1 Å². The summed E-state index contributed by atoms with van der Waals surface area (Å²) >= 11 is 1.51. The Kier molecular flexibility index (Phi) is 11.8. The van der Waals surface area contributed by atoms with Gasteiger partial charge in [-0.15, -0.1) is 11.3 Å². The van der Waals surface area contributed by atoms with Crippen molar-refractivity contribution in [1.82, 2.24) is 9.97 Å². The molecule has 2 rings (SSSR count). The minimum absolute atomic E-state index is 0.179. The molecule has 2 aromatic heterocycles. The number of carboxylic acids is 2. The second-order valence-electron chi connectivity index (χ2n) is 9.22. The predicted octanol–water partition coefficient (Wildman–Crippen LogP) is 7.32. The van der Waals surface area contributed by atoms with Crippen LogP contribution in [0.5, 0.6) is 0 Å². The van der Waals surface area contributed by atoms with Crippen LogP contribution >= 0.6 is 11.3 Å². The van der Waals surface area contributed by atoms with Crippen molar-refractivity contribution in [2.24, 2.45) is 0 Å². The quantitative estimate of drug-likeness (QED) is 0.481. The van der Waals surface area contributed by atoms with E-state index in [-0.39, 0.29) is 28.6 Å². The number of carboxylic acid groups (broad SMARTS) is 2. The Labute approximate surface area is 197 Å². The van der Waals surface area contributed by atoms with Crippen molar-refractivity contribution >= 4 is 23.3 Å². The van der Waals surface area contributed by atoms with Gasteiger partial charge in [-0.2, -0.15) is 0 Å². The first-order valence-corrected chi connectivity index (χ1v) is 12.0. The van der Waals surface area contributed by atoms with Crippen LogP contribution in [0.1, 0.15) is 136 Å². The van der Waals surface area contributed by atoms with Crippen molar-refractivity contribution in [3.63, 3.8) is 0 Å². The Morgan fingerprint density at radius 3 is 1.62 bits per heavy atom. The van der Waals surface area contributed by atoms with Crippen LogP contribution in [0.15, 0.2) is 12.1 Å². The second kappa shape index (κ2) is 12.7. The van der Waals surface area contributed by atoms with E-state index in [0.717, 1.165) is 21.1 Å². The maximum atomic E-state index is 11.2. The van der Waals surface area contributed by atoms with Gasteiger partial charge in [0.05, 0.1) is 5.01 Å². The minimum atomic E-state index is -0.951. The number of thiazole rings is 1. The van der Waals surface area contributed by atoms with Crippen LogP contribution in [-0.2, 0) is 5.41 Å². The van der Waals surface area contributed by atoms with Gasteiger partial charge in [0.25, 0.3) is 0 Å². The lowest BCUT2D eigenvalue weighted by Gasteiger charge is -2.21. The van der Waals surface area contributed by atoms with Gasteiger partial charge in [-0.25, -0.2) is 19.6 Å². The summed E-state index contributed by atoms with van der Waals surface area (Å²) in [4.78, 5) is 31.4. The van der Waals surface area contributed by atoms with Crippen molar-refractivity contribution in [2.45, 2.75) is 99.3 Å². The second-order valence-corrected chi connectivity index (χ2v) is 10.3. The number of hydrogen-bond donors (Lipinski definition) is 2. The Hall–Kier alpha value is -2.28. The number of pyridine rings is 1. The highest BCUT2D eigenvalue weighted by Gasteiger charge is 2.23. The molecule has 0 aromatic carbocycles. The van der Waals surface area contributed by atoms with Gasteiger partial charge in [-0.3, -0.25) is 0 Å². The number of carbonyl (C=O) groups is 2. The highest BCUT2D eigenvalue weighted by molar-refractivity contribution is 7.12. The Morgan fingerprint density at radius 1 is 0.812 bits per heavy atom. The third-order valence-electron chi connectivity index (χ3n) is 4.41. The van der Waals surface area contributed by atoms with E-state index >= 15 is 0 Å². The molecule has 2 heterocycles. The summed E-state index contributed by atoms with van der Waals surface area (Å²) in [5, 5.41) is 19.0. The summed E-state index contributed by atoms with van der Waals surface area (Å²) in [6.07, 6.45) is 0. The summed E-state index contributed by atoms with van der Waals surface area (Å²) in [7, 11) is 0. The average Bonchev–Trinajstić information content (AvgIpc) is 3.15. The highest BCUT2D eigenvalue weighted by atomic mass is 32.1. The first-order chi connectivity index (χ1) is 14.7. The van der Waals surface area contributed by atoms with E-state index in [2.05, 4.69) is 9.97 Å². The van der Waals surface area contributed by atoms with Crippen molar-refractivity contribution in [1.29, 1.82) is 0 Å². The molecule has 0 aliphatic rings. The first-order valence-electron chi connectivity index (χ1n) is 11.1. The van der Waals surface area contributed by atoms with E-state index in [4.69, 9.17) is 5.11 Å². The minimum Gasteiger partial charge on any atom is -0.477 e. The number of hydrogen-bond acceptors (Lipinski definition) is 5. The zero-order valence-corrected chi connectivity index (χ0v) is 22.2. The molecule has 0 atom stereocenters. The Bertz CT molecular complexity index is 894. The van der Waals surface area contributed by atoms with Crippen LogP contribution in [0, 0.1) is 0 Å². The molecule has 0 saturated heterocycles. The summed E-state index contributed by atoms with van der Waals surface area (Å²) in [5.41, 5.74) is 1.82. The van der Waals surface area contributed by atoms with E-state index in [1.165, 1.54) is 11.3 Å². The van der Waals surface area contributed by atoms with Gasteiger partial charge in [0.15, 0.2) is 11.4 Å². The standard InChI is InChI=1S/C13H19NO2.C10H15NO2S.C2H6/c1-8(2)10-7-6-9(13(3,4)5)11(14-10)12(15)16;1-5(2)8-7(10(12)13)11-9(14-8)6(3)4;1-2/h6-8H,1-5H3,(H,15,16);5-6H,1-4H3,(H,12,13);1-2H3. The number of aromatic nitrogens is 2. The number of rotatable bonds is 5. The Balaban J connectivity index is 0.000000561. The largest absolute Gasteiger partial charge is 0.477 e. The molecule has 32 heavy (non-hydrogen) atoms. The molecule has 0 aliphatic carbocycles. The zero-order chi connectivity index (χ0) is 25.4. The average molecular weight is 465 g/mol. The van der Waals surface area contributed by atoms with Gasteiger partial charge in [0.1, 0.15) is 0 Å². The summed E-state index contributed by atoms with van der Waals surface area (Å²) in [5.74, 6) is -1.10. The van der Waals surface area contributed by atoms with Gasteiger partial charge >= 0.3 is 11.9 Å². The van der Waals surface area contributed by atoms with Crippen molar-refractivity contribution in [2.75, 3.05) is 0 Å². The maximum absolute atomic E-state index is 11.2. The van der Waals surface area contributed by atoms with Crippen LogP contribution in [0.4, 0.5) is 0 Å². The molecule has 2 aromatic rings. The molecule has 0 fully saturated rings. The normalized spacial score (nSPS) is 11.1. The van der Waals surface area contributed by atoms with Crippen molar-refractivity contribution in [3.05, 3.63) is 44.7 Å².